The van der Waals surface area contributed by atoms with Crippen LogP contribution in [-0.4, -0.2) is 34.8 Å². The van der Waals surface area contributed by atoms with Gasteiger partial charge in [-0.3, -0.25) is 9.59 Å². The summed E-state index contributed by atoms with van der Waals surface area (Å²) in [4.78, 5) is 30.4. The van der Waals surface area contributed by atoms with E-state index in [-0.39, 0.29) is 24.3 Å². The zero-order chi connectivity index (χ0) is 17.7. The van der Waals surface area contributed by atoms with E-state index in [1.54, 1.807) is 29.8 Å². The van der Waals surface area contributed by atoms with Gasteiger partial charge in [-0.25, -0.2) is 4.98 Å². The highest BCUT2D eigenvalue weighted by atomic mass is 35.5. The minimum Gasteiger partial charge on any atom is -0.329 e. The third-order valence-corrected chi connectivity index (χ3v) is 4.12. The monoisotopic (exact) mass is 385 g/mol. The maximum atomic E-state index is 12.7. The van der Waals surface area contributed by atoms with Crippen LogP contribution in [0.2, 0.25) is 10.0 Å². The fourth-order valence-electron chi connectivity index (χ4n) is 2.14. The van der Waals surface area contributed by atoms with E-state index in [1.807, 2.05) is 13.8 Å². The lowest BCUT2D eigenvalue weighted by molar-refractivity contribution is -0.117. The zero-order valence-electron chi connectivity index (χ0n) is 13.3. The largest absolute Gasteiger partial charge is 0.329 e. The summed E-state index contributed by atoms with van der Waals surface area (Å²) in [5.41, 5.74) is 0.357. The van der Waals surface area contributed by atoms with Gasteiger partial charge in [-0.2, -0.15) is 0 Å². The highest BCUT2D eigenvalue weighted by Gasteiger charge is 2.21. The molecular weight excluding hydrogens is 369 g/mol. The number of nitrogens with zero attached hydrogens (tertiary/aromatic N) is 2. The summed E-state index contributed by atoms with van der Waals surface area (Å²) < 4.78 is 0. The Hall–Kier alpha value is -1.63. The molecule has 8 heteroatoms. The fraction of sp³-hybridized carbons (Fsp3) is 0.312. The van der Waals surface area contributed by atoms with Gasteiger partial charge in [0, 0.05) is 33.7 Å². The number of rotatable bonds is 6. The molecule has 0 spiro atoms. The molecule has 1 heterocycles. The van der Waals surface area contributed by atoms with Crippen molar-refractivity contribution in [2.24, 2.45) is 5.92 Å². The maximum Gasteiger partial charge on any atom is 0.254 e. The van der Waals surface area contributed by atoms with E-state index in [2.05, 4.69) is 10.3 Å². The van der Waals surface area contributed by atoms with Crippen molar-refractivity contribution in [2.75, 3.05) is 18.4 Å². The van der Waals surface area contributed by atoms with Gasteiger partial charge in [-0.05, 0) is 24.1 Å². The van der Waals surface area contributed by atoms with Gasteiger partial charge in [0.1, 0.15) is 6.54 Å². The second-order valence-corrected chi connectivity index (χ2v) is 7.39. The summed E-state index contributed by atoms with van der Waals surface area (Å²) in [6, 6.07) is 4.64. The molecule has 0 saturated heterocycles. The van der Waals surface area contributed by atoms with Crippen LogP contribution in [0.25, 0.3) is 0 Å². The van der Waals surface area contributed by atoms with E-state index < -0.39 is 0 Å². The smallest absolute Gasteiger partial charge is 0.254 e. The van der Waals surface area contributed by atoms with Crippen LogP contribution in [0.1, 0.15) is 24.2 Å². The van der Waals surface area contributed by atoms with Gasteiger partial charge >= 0.3 is 0 Å². The first-order valence-corrected chi connectivity index (χ1v) is 8.93. The zero-order valence-corrected chi connectivity index (χ0v) is 15.6. The molecule has 1 aromatic heterocycles. The van der Waals surface area contributed by atoms with Crippen LogP contribution in [0.3, 0.4) is 0 Å². The van der Waals surface area contributed by atoms with Crippen molar-refractivity contribution in [3.8, 4) is 0 Å². The number of carbonyl (C=O) groups is 2. The number of thiazole rings is 1. The molecule has 0 saturated carbocycles. The number of carbonyl (C=O) groups excluding carboxylic acids is 2. The van der Waals surface area contributed by atoms with Crippen LogP contribution in [-0.2, 0) is 4.79 Å². The van der Waals surface area contributed by atoms with Gasteiger partial charge in [-0.15, -0.1) is 11.3 Å². The van der Waals surface area contributed by atoms with Crippen molar-refractivity contribution in [1.29, 1.82) is 0 Å². The second-order valence-electron chi connectivity index (χ2n) is 5.62. The molecule has 5 nitrogen and oxygen atoms in total. The number of amides is 2. The summed E-state index contributed by atoms with van der Waals surface area (Å²) in [6.45, 7) is 4.32. The molecule has 0 fully saturated rings. The first kappa shape index (κ1) is 18.7. The summed E-state index contributed by atoms with van der Waals surface area (Å²) in [5.74, 6) is -0.384. The van der Waals surface area contributed by atoms with Crippen LogP contribution in [0.4, 0.5) is 5.13 Å². The molecule has 2 aromatic rings. The molecule has 0 aliphatic rings. The molecule has 128 valence electrons. The molecular formula is C16H17Cl2N3O2S. The van der Waals surface area contributed by atoms with E-state index in [0.29, 0.717) is 27.3 Å². The van der Waals surface area contributed by atoms with Crippen molar-refractivity contribution in [2.45, 2.75) is 13.8 Å². The number of benzene rings is 1. The number of nitrogens with one attached hydrogen (secondary N) is 1. The minimum absolute atomic E-state index is 0.0687. The Morgan fingerprint density at radius 3 is 2.46 bits per heavy atom. The van der Waals surface area contributed by atoms with Crippen LogP contribution in [0.5, 0.6) is 0 Å². The van der Waals surface area contributed by atoms with Crippen molar-refractivity contribution >= 4 is 51.5 Å². The summed E-state index contributed by atoms with van der Waals surface area (Å²) >= 11 is 13.2. The molecule has 0 unspecified atom stereocenters. The standard InChI is InChI=1S/C16H17Cl2N3O2S/c1-10(2)8-21(9-14(22)20-16-19-3-4-24-16)15(23)11-5-12(17)7-13(18)6-11/h3-7,10H,8-9H2,1-2H3,(H,19,20,22). The van der Waals surface area contributed by atoms with Gasteiger partial charge in [0.25, 0.3) is 5.91 Å². The summed E-state index contributed by atoms with van der Waals surface area (Å²) in [5, 5.41) is 5.70. The minimum atomic E-state index is -0.299. The number of hydrogen-bond donors (Lipinski definition) is 1. The van der Waals surface area contributed by atoms with Crippen LogP contribution in [0.15, 0.2) is 29.8 Å². The maximum absolute atomic E-state index is 12.7. The highest BCUT2D eigenvalue weighted by molar-refractivity contribution is 7.13. The lowest BCUT2D eigenvalue weighted by Crippen LogP contribution is -2.40. The Morgan fingerprint density at radius 2 is 1.92 bits per heavy atom. The van der Waals surface area contributed by atoms with Gasteiger partial charge in [0.05, 0.1) is 0 Å². The van der Waals surface area contributed by atoms with Crippen molar-refractivity contribution in [1.82, 2.24) is 9.88 Å². The molecule has 24 heavy (non-hydrogen) atoms. The van der Waals surface area contributed by atoms with Gasteiger partial charge in [0.2, 0.25) is 5.91 Å². The normalized spacial score (nSPS) is 10.7. The fourth-order valence-corrected chi connectivity index (χ4v) is 3.21. The van der Waals surface area contributed by atoms with Crippen molar-refractivity contribution < 1.29 is 9.59 Å². The van der Waals surface area contributed by atoms with Gasteiger partial charge < -0.3 is 10.2 Å². The molecule has 0 bridgehead atoms. The molecule has 0 aliphatic carbocycles. The molecule has 1 aromatic carbocycles. The van der Waals surface area contributed by atoms with Crippen LogP contribution in [0, 0.1) is 5.92 Å². The first-order valence-electron chi connectivity index (χ1n) is 7.30. The van der Waals surface area contributed by atoms with E-state index in [9.17, 15) is 9.59 Å². The predicted octanol–water partition coefficient (Wildman–Crippen LogP) is 4.19. The first-order chi connectivity index (χ1) is 11.3. The SMILES string of the molecule is CC(C)CN(CC(=O)Nc1nccs1)C(=O)c1cc(Cl)cc(Cl)c1. The average molecular weight is 386 g/mol. The van der Waals surface area contributed by atoms with E-state index >= 15 is 0 Å². The Kier molecular flexibility index (Phi) is 6.60. The van der Waals surface area contributed by atoms with Gasteiger partial charge in [0.15, 0.2) is 5.13 Å². The average Bonchev–Trinajstić information content (AvgIpc) is 2.97. The Bertz CT molecular complexity index is 700. The van der Waals surface area contributed by atoms with Crippen molar-refractivity contribution in [3.63, 3.8) is 0 Å². The number of halogens is 2. The molecule has 0 aliphatic heterocycles. The third-order valence-electron chi connectivity index (χ3n) is 3.00. The lowest BCUT2D eigenvalue weighted by atomic mass is 10.1. The highest BCUT2D eigenvalue weighted by Crippen LogP contribution is 2.20. The quantitative estimate of drug-likeness (QED) is 0.810. The van der Waals surface area contributed by atoms with Crippen LogP contribution < -0.4 is 5.32 Å². The number of hydrogen-bond acceptors (Lipinski definition) is 4. The topological polar surface area (TPSA) is 62.3 Å². The second kappa shape index (κ2) is 8.46. The summed E-state index contributed by atoms with van der Waals surface area (Å²) in [7, 11) is 0. The molecule has 0 radical (unpaired) electrons. The molecule has 0 atom stereocenters. The van der Waals surface area contributed by atoms with Crippen LogP contribution >= 0.6 is 34.5 Å². The predicted molar refractivity (Wildman–Crippen MR) is 97.9 cm³/mol. The number of aromatic nitrogens is 1. The van der Waals surface area contributed by atoms with E-state index in [1.165, 1.54) is 16.2 Å². The number of anilines is 1. The van der Waals surface area contributed by atoms with E-state index in [0.717, 1.165) is 0 Å². The van der Waals surface area contributed by atoms with Crippen molar-refractivity contribution in [3.05, 3.63) is 45.4 Å². The Labute approximate surface area is 154 Å². The Morgan fingerprint density at radius 1 is 1.25 bits per heavy atom. The molecule has 1 N–H and O–H groups in total. The third kappa shape index (κ3) is 5.47. The molecule has 2 rings (SSSR count). The lowest BCUT2D eigenvalue weighted by Gasteiger charge is -2.24. The summed E-state index contributed by atoms with van der Waals surface area (Å²) in [6.07, 6.45) is 1.60. The van der Waals surface area contributed by atoms with Gasteiger partial charge in [-0.1, -0.05) is 37.0 Å². The molecule has 2 amide bonds. The van der Waals surface area contributed by atoms with E-state index in [4.69, 9.17) is 23.2 Å². The Balaban J connectivity index is 2.14.